The van der Waals surface area contributed by atoms with Crippen molar-refractivity contribution in [3.63, 3.8) is 0 Å². The van der Waals surface area contributed by atoms with E-state index in [1.807, 2.05) is 22.8 Å². The lowest BCUT2D eigenvalue weighted by atomic mass is 10.0. The monoisotopic (exact) mass is 379 g/mol. The first-order valence-corrected chi connectivity index (χ1v) is 9.35. The number of unbranched alkanes of at least 4 members (excludes halogenated alkanes) is 2. The van der Waals surface area contributed by atoms with Gasteiger partial charge in [-0.3, -0.25) is 4.79 Å². The van der Waals surface area contributed by atoms with Crippen LogP contribution >= 0.6 is 0 Å². The van der Waals surface area contributed by atoms with Crippen molar-refractivity contribution < 1.29 is 14.3 Å². The highest BCUT2D eigenvalue weighted by Crippen LogP contribution is 2.29. The summed E-state index contributed by atoms with van der Waals surface area (Å²) in [6, 6.07) is 16.3. The van der Waals surface area contributed by atoms with Crippen LogP contribution < -0.4 is 5.43 Å². The Hall–Kier alpha value is -3.21. The standard InChI is InChI=1S/C23H22FNO3/c1-2-3-7-14-25-19(16-10-12-18(24)13-11-16)15-20(26)21(23(27)28)22(25)17-8-5-4-6-9-17/h4-6,8-13,15H,2-3,7,14H2,1H3,(H,27,28). The van der Waals surface area contributed by atoms with E-state index in [0.29, 0.717) is 29.1 Å². The first kappa shape index (κ1) is 19.5. The number of carboxylic acid groups (broad SMARTS) is 1. The number of halogens is 1. The van der Waals surface area contributed by atoms with Gasteiger partial charge in [0, 0.05) is 12.6 Å². The van der Waals surface area contributed by atoms with Crippen molar-refractivity contribution in [2.45, 2.75) is 32.7 Å². The molecule has 28 heavy (non-hydrogen) atoms. The van der Waals surface area contributed by atoms with E-state index in [2.05, 4.69) is 6.92 Å². The zero-order valence-electron chi connectivity index (χ0n) is 15.7. The molecule has 0 saturated carbocycles. The van der Waals surface area contributed by atoms with Gasteiger partial charge in [0.05, 0.1) is 11.4 Å². The number of carbonyl (C=O) groups is 1. The van der Waals surface area contributed by atoms with Crippen molar-refractivity contribution in [3.8, 4) is 22.5 Å². The second kappa shape index (κ2) is 8.65. The normalized spacial score (nSPS) is 10.8. The highest BCUT2D eigenvalue weighted by Gasteiger charge is 2.22. The van der Waals surface area contributed by atoms with Gasteiger partial charge >= 0.3 is 5.97 Å². The Balaban J connectivity index is 2.33. The molecule has 4 nitrogen and oxygen atoms in total. The molecule has 1 N–H and O–H groups in total. The fourth-order valence-corrected chi connectivity index (χ4v) is 3.36. The molecule has 0 fully saturated rings. The van der Waals surface area contributed by atoms with Crippen molar-refractivity contribution in [2.24, 2.45) is 0 Å². The van der Waals surface area contributed by atoms with Crippen molar-refractivity contribution in [1.82, 2.24) is 4.57 Å². The quantitative estimate of drug-likeness (QED) is 0.573. The summed E-state index contributed by atoms with van der Waals surface area (Å²) in [5.41, 5.74) is 1.51. The number of hydrogen-bond acceptors (Lipinski definition) is 2. The molecule has 0 spiro atoms. The van der Waals surface area contributed by atoms with Crippen LogP contribution in [0.4, 0.5) is 4.39 Å². The summed E-state index contributed by atoms with van der Waals surface area (Å²) in [7, 11) is 0. The Morgan fingerprint density at radius 2 is 1.68 bits per heavy atom. The Labute approximate surface area is 162 Å². The number of aromatic carboxylic acids is 1. The van der Waals surface area contributed by atoms with Crippen LogP contribution in [0.25, 0.3) is 22.5 Å². The maximum atomic E-state index is 13.4. The third-order valence-corrected chi connectivity index (χ3v) is 4.70. The molecule has 0 unspecified atom stereocenters. The molecule has 144 valence electrons. The molecular formula is C23H22FNO3. The minimum Gasteiger partial charge on any atom is -0.477 e. The molecular weight excluding hydrogens is 357 g/mol. The van der Waals surface area contributed by atoms with Crippen LogP contribution in [0.1, 0.15) is 36.5 Å². The number of carboxylic acids is 1. The molecule has 2 aromatic carbocycles. The highest BCUT2D eigenvalue weighted by atomic mass is 19.1. The van der Waals surface area contributed by atoms with Gasteiger partial charge in [0.25, 0.3) is 0 Å². The highest BCUT2D eigenvalue weighted by molar-refractivity contribution is 5.95. The smallest absolute Gasteiger partial charge is 0.341 e. The van der Waals surface area contributed by atoms with Crippen LogP contribution in [0.5, 0.6) is 0 Å². The number of hydrogen-bond donors (Lipinski definition) is 1. The maximum Gasteiger partial charge on any atom is 0.341 e. The van der Waals surface area contributed by atoms with Crippen LogP contribution in [-0.4, -0.2) is 15.6 Å². The largest absolute Gasteiger partial charge is 0.477 e. The van der Waals surface area contributed by atoms with Crippen LogP contribution in [0.15, 0.2) is 65.5 Å². The van der Waals surface area contributed by atoms with E-state index in [1.54, 1.807) is 24.3 Å². The Bertz CT molecular complexity index is 1020. The fourth-order valence-electron chi connectivity index (χ4n) is 3.36. The van der Waals surface area contributed by atoms with E-state index in [0.717, 1.165) is 19.3 Å². The molecule has 0 aliphatic heterocycles. The molecule has 0 atom stereocenters. The second-order valence-corrected chi connectivity index (χ2v) is 6.65. The first-order valence-electron chi connectivity index (χ1n) is 9.35. The number of aromatic nitrogens is 1. The van der Waals surface area contributed by atoms with Gasteiger partial charge in [-0.15, -0.1) is 0 Å². The summed E-state index contributed by atoms with van der Waals surface area (Å²) < 4.78 is 15.3. The zero-order chi connectivity index (χ0) is 20.1. The fraction of sp³-hybridized carbons (Fsp3) is 0.217. The number of rotatable bonds is 7. The summed E-state index contributed by atoms with van der Waals surface area (Å²) in [6.07, 6.45) is 2.83. The molecule has 0 bridgehead atoms. The third kappa shape index (κ3) is 4.03. The summed E-state index contributed by atoms with van der Waals surface area (Å²) in [4.78, 5) is 24.7. The topological polar surface area (TPSA) is 59.3 Å². The first-order chi connectivity index (χ1) is 13.5. The van der Waals surface area contributed by atoms with Crippen molar-refractivity contribution in [2.75, 3.05) is 0 Å². The zero-order valence-corrected chi connectivity index (χ0v) is 15.7. The van der Waals surface area contributed by atoms with E-state index in [9.17, 15) is 19.1 Å². The molecule has 5 heteroatoms. The number of pyridine rings is 1. The molecule has 0 saturated heterocycles. The van der Waals surface area contributed by atoms with Gasteiger partial charge in [-0.1, -0.05) is 50.1 Å². The molecule has 0 amide bonds. The minimum atomic E-state index is -1.25. The second-order valence-electron chi connectivity index (χ2n) is 6.65. The average molecular weight is 379 g/mol. The van der Waals surface area contributed by atoms with Crippen LogP contribution in [0.2, 0.25) is 0 Å². The third-order valence-electron chi connectivity index (χ3n) is 4.70. The minimum absolute atomic E-state index is 0.242. The van der Waals surface area contributed by atoms with E-state index in [4.69, 9.17) is 0 Å². The van der Waals surface area contributed by atoms with E-state index < -0.39 is 11.4 Å². The number of benzene rings is 2. The molecule has 3 rings (SSSR count). The Kier molecular flexibility index (Phi) is 6.04. The van der Waals surface area contributed by atoms with E-state index >= 15 is 0 Å². The van der Waals surface area contributed by atoms with Crippen molar-refractivity contribution in [3.05, 3.63) is 82.3 Å². The molecule has 3 aromatic rings. The van der Waals surface area contributed by atoms with E-state index in [1.165, 1.54) is 18.2 Å². The average Bonchev–Trinajstić information content (AvgIpc) is 2.69. The molecule has 0 aliphatic carbocycles. The number of nitrogens with zero attached hydrogens (tertiary/aromatic N) is 1. The summed E-state index contributed by atoms with van der Waals surface area (Å²) in [5.74, 6) is -1.62. The Morgan fingerprint density at radius 1 is 1.00 bits per heavy atom. The summed E-state index contributed by atoms with van der Waals surface area (Å²) >= 11 is 0. The Morgan fingerprint density at radius 3 is 2.29 bits per heavy atom. The maximum absolute atomic E-state index is 13.4. The van der Waals surface area contributed by atoms with Crippen molar-refractivity contribution >= 4 is 5.97 Å². The predicted molar refractivity (Wildman–Crippen MR) is 108 cm³/mol. The van der Waals surface area contributed by atoms with Gasteiger partial charge in [0.2, 0.25) is 0 Å². The van der Waals surface area contributed by atoms with Gasteiger partial charge in [-0.25, -0.2) is 9.18 Å². The van der Waals surface area contributed by atoms with Crippen LogP contribution in [0.3, 0.4) is 0 Å². The lowest BCUT2D eigenvalue weighted by Crippen LogP contribution is -2.22. The molecule has 0 radical (unpaired) electrons. The molecule has 1 heterocycles. The van der Waals surface area contributed by atoms with Crippen molar-refractivity contribution in [1.29, 1.82) is 0 Å². The van der Waals surface area contributed by atoms with Gasteiger partial charge in [0.1, 0.15) is 11.4 Å². The molecule has 0 aliphatic rings. The van der Waals surface area contributed by atoms with Gasteiger partial charge < -0.3 is 9.67 Å². The van der Waals surface area contributed by atoms with Gasteiger partial charge in [-0.2, -0.15) is 0 Å². The van der Waals surface area contributed by atoms with Gasteiger partial charge in [0.15, 0.2) is 5.43 Å². The summed E-state index contributed by atoms with van der Waals surface area (Å²) in [5, 5.41) is 9.74. The lowest BCUT2D eigenvalue weighted by molar-refractivity contribution is 0.0695. The van der Waals surface area contributed by atoms with Gasteiger partial charge in [-0.05, 0) is 41.8 Å². The summed E-state index contributed by atoms with van der Waals surface area (Å²) in [6.45, 7) is 2.65. The van der Waals surface area contributed by atoms with Crippen LogP contribution in [-0.2, 0) is 6.54 Å². The SMILES string of the molecule is CCCCCn1c(-c2ccc(F)cc2)cc(=O)c(C(=O)O)c1-c1ccccc1. The van der Waals surface area contributed by atoms with E-state index in [-0.39, 0.29) is 11.4 Å². The lowest BCUT2D eigenvalue weighted by Gasteiger charge is -2.21. The van der Waals surface area contributed by atoms with Crippen LogP contribution in [0, 0.1) is 5.82 Å². The molecule has 1 aromatic heterocycles. The predicted octanol–water partition coefficient (Wildman–Crippen LogP) is 5.21.